The highest BCUT2D eigenvalue weighted by Crippen LogP contribution is 2.45. The monoisotopic (exact) mass is 549 g/mol. The van der Waals surface area contributed by atoms with Gasteiger partial charge in [-0.1, -0.05) is 23.5 Å². The number of ketones is 1. The van der Waals surface area contributed by atoms with Gasteiger partial charge in [0.1, 0.15) is 5.75 Å². The van der Waals surface area contributed by atoms with E-state index in [9.17, 15) is 19.5 Å². The molecule has 3 heterocycles. The summed E-state index contributed by atoms with van der Waals surface area (Å²) in [5, 5.41) is 12.1. The van der Waals surface area contributed by atoms with Crippen molar-refractivity contribution in [2.45, 2.75) is 26.8 Å². The van der Waals surface area contributed by atoms with Gasteiger partial charge in [0.15, 0.2) is 10.9 Å². The van der Waals surface area contributed by atoms with Gasteiger partial charge in [0.05, 0.1) is 56.7 Å². The van der Waals surface area contributed by atoms with Crippen LogP contribution in [0.1, 0.15) is 49.3 Å². The maximum Gasteiger partial charge on any atom is 0.337 e. The normalized spacial score (nSPS) is 15.4. The molecule has 0 spiro atoms. The Morgan fingerprint density at radius 3 is 2.45 bits per heavy atom. The number of amides is 1. The van der Waals surface area contributed by atoms with Gasteiger partial charge in [0.2, 0.25) is 5.78 Å². The quantitative estimate of drug-likeness (QED) is 0.242. The Morgan fingerprint density at radius 2 is 1.82 bits per heavy atom. The standard InChI is InChI=1S/C27H23N3O6S2/c1-5-36-17-10-11-18-19(12-17)38-27(29-18)30-21(15-6-8-16(9-7-15)26(34)35-4)20(23(32)25(30)33)22(31)24-13(2)28-14(3)37-24/h6-12,21,32H,5H2,1-4H3. The number of benzene rings is 2. The van der Waals surface area contributed by atoms with Gasteiger partial charge in [-0.25, -0.2) is 14.8 Å². The lowest BCUT2D eigenvalue weighted by atomic mass is 9.94. The average Bonchev–Trinajstić information content (AvgIpc) is 3.56. The second-order valence-electron chi connectivity index (χ2n) is 8.49. The number of thiazole rings is 2. The number of rotatable bonds is 7. The van der Waals surface area contributed by atoms with E-state index in [1.165, 1.54) is 34.7 Å². The highest BCUT2D eigenvalue weighted by molar-refractivity contribution is 7.22. The van der Waals surface area contributed by atoms with Gasteiger partial charge >= 0.3 is 5.97 Å². The van der Waals surface area contributed by atoms with Crippen molar-refractivity contribution in [3.8, 4) is 5.75 Å². The molecule has 0 aliphatic carbocycles. The molecule has 1 aliphatic rings. The summed E-state index contributed by atoms with van der Waals surface area (Å²) in [5.74, 6) is -1.71. The second kappa shape index (κ2) is 9.99. The number of methoxy groups -OCH3 is 1. The number of nitrogens with zero attached hydrogens (tertiary/aromatic N) is 3. The predicted molar refractivity (Wildman–Crippen MR) is 144 cm³/mol. The van der Waals surface area contributed by atoms with Crippen molar-refractivity contribution in [1.82, 2.24) is 9.97 Å². The van der Waals surface area contributed by atoms with Gasteiger partial charge < -0.3 is 14.6 Å². The minimum Gasteiger partial charge on any atom is -0.503 e. The number of aliphatic hydroxyl groups excluding tert-OH is 1. The fourth-order valence-electron chi connectivity index (χ4n) is 4.39. The van der Waals surface area contributed by atoms with E-state index >= 15 is 0 Å². The summed E-state index contributed by atoms with van der Waals surface area (Å²) >= 11 is 2.45. The van der Waals surface area contributed by atoms with Gasteiger partial charge in [-0.05, 0) is 56.7 Å². The minimum atomic E-state index is -0.976. The number of carbonyl (C=O) groups excluding carboxylic acids is 3. The number of esters is 1. The first kappa shape index (κ1) is 25.6. The molecular weight excluding hydrogens is 526 g/mol. The molecule has 194 valence electrons. The van der Waals surface area contributed by atoms with Crippen LogP contribution in [0.25, 0.3) is 10.2 Å². The van der Waals surface area contributed by atoms with Crippen LogP contribution in [0, 0.1) is 13.8 Å². The molecule has 0 fully saturated rings. The van der Waals surface area contributed by atoms with E-state index < -0.39 is 29.5 Å². The molecule has 0 radical (unpaired) electrons. The summed E-state index contributed by atoms with van der Waals surface area (Å²) in [6, 6.07) is 10.8. The van der Waals surface area contributed by atoms with E-state index in [4.69, 9.17) is 9.47 Å². The molecule has 4 aromatic rings. The van der Waals surface area contributed by atoms with Crippen LogP contribution in [-0.2, 0) is 9.53 Å². The second-order valence-corrected chi connectivity index (χ2v) is 10.7. The number of Topliss-reactive ketones (excluding diaryl/α,β-unsaturated/α-hetero) is 1. The minimum absolute atomic E-state index is 0.0678. The Balaban J connectivity index is 1.65. The summed E-state index contributed by atoms with van der Waals surface area (Å²) < 4.78 is 11.2. The molecule has 1 aliphatic heterocycles. The van der Waals surface area contributed by atoms with Gasteiger partial charge in [-0.3, -0.25) is 14.5 Å². The predicted octanol–water partition coefficient (Wildman–Crippen LogP) is 5.34. The maximum absolute atomic E-state index is 13.8. The molecule has 38 heavy (non-hydrogen) atoms. The summed E-state index contributed by atoms with van der Waals surface area (Å²) in [7, 11) is 1.29. The van der Waals surface area contributed by atoms with Crippen molar-refractivity contribution in [3.63, 3.8) is 0 Å². The number of aliphatic hydroxyl groups is 1. The molecule has 2 aromatic heterocycles. The van der Waals surface area contributed by atoms with Crippen LogP contribution in [0.5, 0.6) is 5.75 Å². The Kier molecular flexibility index (Phi) is 6.72. The Bertz CT molecular complexity index is 1620. The zero-order chi connectivity index (χ0) is 27.1. The van der Waals surface area contributed by atoms with Gasteiger partial charge in [-0.15, -0.1) is 11.3 Å². The highest BCUT2D eigenvalue weighted by atomic mass is 32.1. The molecule has 0 bridgehead atoms. The first-order chi connectivity index (χ1) is 18.2. The van der Waals surface area contributed by atoms with Crippen molar-refractivity contribution in [3.05, 3.63) is 80.5 Å². The fraction of sp³-hybridized carbons (Fsp3) is 0.222. The van der Waals surface area contributed by atoms with Gasteiger partial charge in [-0.2, -0.15) is 0 Å². The van der Waals surface area contributed by atoms with Crippen LogP contribution >= 0.6 is 22.7 Å². The van der Waals surface area contributed by atoms with E-state index in [0.29, 0.717) is 49.7 Å². The highest BCUT2D eigenvalue weighted by Gasteiger charge is 2.46. The largest absolute Gasteiger partial charge is 0.503 e. The lowest BCUT2D eigenvalue weighted by Gasteiger charge is -2.24. The summed E-state index contributed by atoms with van der Waals surface area (Å²) in [6.07, 6.45) is 0. The Morgan fingerprint density at radius 1 is 1.08 bits per heavy atom. The van der Waals surface area contributed by atoms with Crippen LogP contribution in [0.15, 0.2) is 53.8 Å². The lowest BCUT2D eigenvalue weighted by Crippen LogP contribution is -2.31. The summed E-state index contributed by atoms with van der Waals surface area (Å²) in [5.41, 5.74) is 1.93. The Hall–Kier alpha value is -4.09. The molecule has 9 nitrogen and oxygen atoms in total. The van der Waals surface area contributed by atoms with Gasteiger partial charge in [0.25, 0.3) is 5.91 Å². The number of carbonyl (C=O) groups is 3. The number of anilines is 1. The number of aryl methyl sites for hydroxylation is 2. The fourth-order valence-corrected chi connectivity index (χ4v) is 6.28. The molecule has 0 saturated heterocycles. The van der Waals surface area contributed by atoms with Crippen molar-refractivity contribution in [2.24, 2.45) is 0 Å². The molecule has 1 unspecified atom stereocenters. The lowest BCUT2D eigenvalue weighted by molar-refractivity contribution is -0.117. The van der Waals surface area contributed by atoms with E-state index in [1.54, 1.807) is 50.2 Å². The molecule has 2 aromatic carbocycles. The molecule has 1 atom stereocenters. The van der Waals surface area contributed by atoms with Crippen molar-refractivity contribution < 1.29 is 29.0 Å². The van der Waals surface area contributed by atoms with Crippen LogP contribution in [-0.4, -0.2) is 46.5 Å². The van der Waals surface area contributed by atoms with Crippen LogP contribution in [0.3, 0.4) is 0 Å². The third-order valence-corrected chi connectivity index (χ3v) is 8.16. The zero-order valence-corrected chi connectivity index (χ0v) is 22.6. The van der Waals surface area contributed by atoms with Crippen LogP contribution < -0.4 is 9.64 Å². The van der Waals surface area contributed by atoms with E-state index in [2.05, 4.69) is 9.97 Å². The van der Waals surface area contributed by atoms with Crippen molar-refractivity contribution in [2.75, 3.05) is 18.6 Å². The first-order valence-corrected chi connectivity index (χ1v) is 13.3. The third kappa shape index (κ3) is 4.33. The van der Waals surface area contributed by atoms with Crippen molar-refractivity contribution in [1.29, 1.82) is 0 Å². The maximum atomic E-state index is 13.8. The van der Waals surface area contributed by atoms with Crippen LogP contribution in [0.4, 0.5) is 5.13 Å². The molecule has 1 amide bonds. The smallest absolute Gasteiger partial charge is 0.337 e. The third-order valence-electron chi connectivity index (χ3n) is 6.08. The zero-order valence-electron chi connectivity index (χ0n) is 21.0. The van der Waals surface area contributed by atoms with Crippen LogP contribution in [0.2, 0.25) is 0 Å². The number of hydrogen-bond donors (Lipinski definition) is 1. The molecule has 0 saturated carbocycles. The Labute approximate surface area is 226 Å². The molecule has 1 N–H and O–H groups in total. The number of ether oxygens (including phenoxy) is 2. The van der Waals surface area contributed by atoms with Crippen molar-refractivity contribution >= 4 is 55.7 Å². The first-order valence-electron chi connectivity index (χ1n) is 11.7. The van der Waals surface area contributed by atoms with Gasteiger partial charge in [0, 0.05) is 0 Å². The topological polar surface area (TPSA) is 119 Å². The molecule has 5 rings (SSSR count). The van der Waals surface area contributed by atoms with E-state index in [0.717, 1.165) is 4.70 Å². The number of fused-ring (bicyclic) bond motifs is 1. The molecule has 11 heteroatoms. The average molecular weight is 550 g/mol. The SMILES string of the molecule is CCOc1ccc2nc(N3C(=O)C(O)=C(C(=O)c4sc(C)nc4C)C3c3ccc(C(=O)OC)cc3)sc2c1. The number of hydrogen-bond acceptors (Lipinski definition) is 10. The summed E-state index contributed by atoms with van der Waals surface area (Å²) in [4.78, 5) is 49.9. The van der Waals surface area contributed by atoms with E-state index in [1.807, 2.05) is 13.0 Å². The summed E-state index contributed by atoms with van der Waals surface area (Å²) in [6.45, 7) is 5.90. The van der Waals surface area contributed by atoms with E-state index in [-0.39, 0.29) is 5.57 Å². The number of aromatic nitrogens is 2. The molecular formula is C27H23N3O6S2.